The minimum Gasteiger partial charge on any atom is -0.399 e. The van der Waals surface area contributed by atoms with Crippen LogP contribution in [0.4, 0.5) is 5.69 Å². The molecule has 3 N–H and O–H groups in total. The molecule has 2 rings (SSSR count). The van der Waals surface area contributed by atoms with E-state index in [2.05, 4.69) is 18.7 Å². The van der Waals surface area contributed by atoms with Crippen molar-refractivity contribution in [1.29, 1.82) is 0 Å². The maximum atomic E-state index is 12.3. The largest absolute Gasteiger partial charge is 0.399 e. The number of benzene rings is 1. The Kier molecular flexibility index (Phi) is 4.67. The minimum atomic E-state index is -3.38. The first kappa shape index (κ1) is 15.3. The van der Waals surface area contributed by atoms with Crippen LogP contribution in [0.2, 0.25) is 0 Å². The summed E-state index contributed by atoms with van der Waals surface area (Å²) in [6.07, 6.45) is 3.20. The number of hydrogen-bond donors (Lipinski definition) is 2. The number of anilines is 1. The zero-order valence-corrected chi connectivity index (χ0v) is 12.9. The number of sulfonamides is 1. The average Bonchev–Trinajstić information content (AvgIpc) is 2.37. The van der Waals surface area contributed by atoms with Crippen molar-refractivity contribution in [3.8, 4) is 0 Å². The van der Waals surface area contributed by atoms with E-state index < -0.39 is 10.0 Å². The first-order chi connectivity index (χ1) is 9.37. The second kappa shape index (κ2) is 6.11. The second-order valence-electron chi connectivity index (χ2n) is 5.63. The van der Waals surface area contributed by atoms with E-state index in [9.17, 15) is 8.42 Å². The molecule has 1 saturated heterocycles. The molecule has 1 aromatic rings. The Morgan fingerprint density at radius 1 is 1.20 bits per heavy atom. The lowest BCUT2D eigenvalue weighted by molar-refractivity contribution is 0.0790. The molecule has 0 bridgehead atoms. The zero-order chi connectivity index (χ0) is 14.8. The quantitative estimate of drug-likeness (QED) is 0.832. The van der Waals surface area contributed by atoms with Crippen LogP contribution < -0.4 is 10.6 Å². The number of nitrogen functional groups attached to an aromatic ring is 1. The van der Waals surface area contributed by atoms with E-state index in [1.165, 1.54) is 0 Å². The smallest absolute Gasteiger partial charge is 0.228 e. The van der Waals surface area contributed by atoms with E-state index >= 15 is 0 Å². The molecule has 20 heavy (non-hydrogen) atoms. The molecule has 1 fully saturated rings. The van der Waals surface area contributed by atoms with E-state index in [0.29, 0.717) is 5.69 Å². The van der Waals surface area contributed by atoms with Crippen LogP contribution >= 0.6 is 0 Å². The third kappa shape index (κ3) is 3.94. The van der Waals surface area contributed by atoms with Crippen molar-refractivity contribution < 1.29 is 8.42 Å². The van der Waals surface area contributed by atoms with Gasteiger partial charge in [-0.3, -0.25) is 0 Å². The number of piperidine rings is 1. The van der Waals surface area contributed by atoms with Gasteiger partial charge < -0.3 is 5.73 Å². The molecule has 0 aromatic heterocycles. The summed E-state index contributed by atoms with van der Waals surface area (Å²) in [6.45, 7) is 4.11. The van der Waals surface area contributed by atoms with Gasteiger partial charge in [0, 0.05) is 17.8 Å². The van der Waals surface area contributed by atoms with E-state index in [1.807, 2.05) is 5.01 Å². The molecule has 2 atom stereocenters. The fourth-order valence-electron chi connectivity index (χ4n) is 2.63. The SMILES string of the molecule is CC1CCCC(C)N1NS(=O)(=O)Cc1ccc(N)cc1. The molecule has 112 valence electrons. The van der Waals surface area contributed by atoms with Crippen LogP contribution in [-0.4, -0.2) is 25.5 Å². The highest BCUT2D eigenvalue weighted by molar-refractivity contribution is 7.88. The monoisotopic (exact) mass is 297 g/mol. The standard InChI is InChI=1S/C14H23N3O2S/c1-11-4-3-5-12(2)17(11)16-20(18,19)10-13-6-8-14(15)9-7-13/h6-9,11-12,16H,3-5,10,15H2,1-2H3. The van der Waals surface area contributed by atoms with Gasteiger partial charge in [-0.2, -0.15) is 0 Å². The summed E-state index contributed by atoms with van der Waals surface area (Å²) >= 11 is 0. The van der Waals surface area contributed by atoms with E-state index in [-0.39, 0.29) is 17.8 Å². The van der Waals surface area contributed by atoms with Gasteiger partial charge >= 0.3 is 0 Å². The Morgan fingerprint density at radius 3 is 2.30 bits per heavy atom. The molecule has 2 unspecified atom stereocenters. The minimum absolute atomic E-state index is 0.0246. The van der Waals surface area contributed by atoms with Gasteiger partial charge in [-0.1, -0.05) is 18.6 Å². The average molecular weight is 297 g/mol. The van der Waals surface area contributed by atoms with Crippen molar-refractivity contribution in [2.24, 2.45) is 0 Å². The predicted molar refractivity (Wildman–Crippen MR) is 81.2 cm³/mol. The Morgan fingerprint density at radius 2 is 1.75 bits per heavy atom. The second-order valence-corrected chi connectivity index (χ2v) is 7.33. The topological polar surface area (TPSA) is 75.4 Å². The maximum Gasteiger partial charge on any atom is 0.228 e. The van der Waals surface area contributed by atoms with Gasteiger partial charge in [0.2, 0.25) is 10.0 Å². The van der Waals surface area contributed by atoms with Crippen LogP contribution in [-0.2, 0) is 15.8 Å². The third-order valence-corrected chi connectivity index (χ3v) is 4.98. The van der Waals surface area contributed by atoms with Crippen molar-refractivity contribution in [2.75, 3.05) is 5.73 Å². The number of hydrogen-bond acceptors (Lipinski definition) is 4. The van der Waals surface area contributed by atoms with Crippen molar-refractivity contribution in [2.45, 2.75) is 50.9 Å². The van der Waals surface area contributed by atoms with Gasteiger partial charge in [0.25, 0.3) is 0 Å². The van der Waals surface area contributed by atoms with Crippen molar-refractivity contribution in [3.05, 3.63) is 29.8 Å². The highest BCUT2D eigenvalue weighted by Crippen LogP contribution is 2.21. The lowest BCUT2D eigenvalue weighted by Gasteiger charge is -2.38. The normalized spacial score (nSPS) is 24.7. The molecule has 5 nitrogen and oxygen atoms in total. The first-order valence-electron chi connectivity index (χ1n) is 7.00. The van der Waals surface area contributed by atoms with Gasteiger partial charge in [0.15, 0.2) is 0 Å². The summed E-state index contributed by atoms with van der Waals surface area (Å²) in [7, 11) is -3.38. The lowest BCUT2D eigenvalue weighted by Crippen LogP contribution is -2.54. The van der Waals surface area contributed by atoms with E-state index in [1.54, 1.807) is 24.3 Å². The molecule has 6 heteroatoms. The van der Waals surface area contributed by atoms with Gasteiger partial charge in [-0.15, -0.1) is 4.83 Å². The summed E-state index contributed by atoms with van der Waals surface area (Å²) in [5, 5.41) is 1.87. The van der Waals surface area contributed by atoms with Gasteiger partial charge in [-0.25, -0.2) is 13.4 Å². The van der Waals surface area contributed by atoms with Gasteiger partial charge in [-0.05, 0) is 44.4 Å². The number of nitrogens with one attached hydrogen (secondary N) is 1. The van der Waals surface area contributed by atoms with E-state index in [0.717, 1.165) is 24.8 Å². The molecule has 1 aliphatic rings. The first-order valence-corrected chi connectivity index (χ1v) is 8.65. The summed E-state index contributed by atoms with van der Waals surface area (Å²) < 4.78 is 24.5. The maximum absolute atomic E-state index is 12.3. The van der Waals surface area contributed by atoms with Crippen LogP contribution in [0.3, 0.4) is 0 Å². The molecule has 1 aliphatic heterocycles. The summed E-state index contributed by atoms with van der Waals surface area (Å²) in [4.78, 5) is 2.73. The van der Waals surface area contributed by atoms with Crippen LogP contribution in [0.25, 0.3) is 0 Å². The van der Waals surface area contributed by atoms with Crippen molar-refractivity contribution >= 4 is 15.7 Å². The molecule has 0 amide bonds. The number of rotatable bonds is 4. The fraction of sp³-hybridized carbons (Fsp3) is 0.571. The summed E-state index contributed by atoms with van der Waals surface area (Å²) in [5.41, 5.74) is 6.98. The van der Waals surface area contributed by atoms with Crippen molar-refractivity contribution in [3.63, 3.8) is 0 Å². The molecular formula is C14H23N3O2S. The van der Waals surface area contributed by atoms with Crippen LogP contribution in [0.1, 0.15) is 38.7 Å². The Balaban J connectivity index is 2.05. The summed E-state index contributed by atoms with van der Waals surface area (Å²) in [5.74, 6) is -0.0246. The highest BCUT2D eigenvalue weighted by atomic mass is 32.2. The molecule has 0 radical (unpaired) electrons. The van der Waals surface area contributed by atoms with E-state index in [4.69, 9.17) is 5.73 Å². The zero-order valence-electron chi connectivity index (χ0n) is 12.0. The van der Waals surface area contributed by atoms with Crippen molar-refractivity contribution in [1.82, 2.24) is 9.84 Å². The van der Waals surface area contributed by atoms with Gasteiger partial charge in [0.05, 0.1) is 5.75 Å². The van der Waals surface area contributed by atoms with Crippen LogP contribution in [0.15, 0.2) is 24.3 Å². The molecule has 0 saturated carbocycles. The molecule has 1 heterocycles. The predicted octanol–water partition coefficient (Wildman–Crippen LogP) is 1.87. The fourth-order valence-corrected chi connectivity index (χ4v) is 4.00. The molecular weight excluding hydrogens is 274 g/mol. The molecule has 0 spiro atoms. The number of hydrazine groups is 1. The van der Waals surface area contributed by atoms with Crippen LogP contribution in [0, 0.1) is 0 Å². The number of nitrogens with zero attached hydrogens (tertiary/aromatic N) is 1. The van der Waals surface area contributed by atoms with Crippen LogP contribution in [0.5, 0.6) is 0 Å². The highest BCUT2D eigenvalue weighted by Gasteiger charge is 2.28. The third-order valence-electron chi connectivity index (χ3n) is 3.77. The number of nitrogens with two attached hydrogens (primary N) is 1. The Labute approximate surface area is 121 Å². The Bertz CT molecular complexity index is 532. The molecule has 0 aliphatic carbocycles. The summed E-state index contributed by atoms with van der Waals surface area (Å²) in [6, 6.07) is 7.41. The lowest BCUT2D eigenvalue weighted by atomic mass is 10.0. The van der Waals surface area contributed by atoms with Gasteiger partial charge in [0.1, 0.15) is 0 Å². The molecule has 1 aromatic carbocycles. The Hall–Kier alpha value is -1.11.